The van der Waals surface area contributed by atoms with E-state index in [1.165, 1.54) is 12.1 Å². The lowest BCUT2D eigenvalue weighted by molar-refractivity contribution is -0.133. The molecule has 8 heteroatoms. The lowest BCUT2D eigenvalue weighted by Crippen LogP contribution is -2.52. The maximum Gasteiger partial charge on any atom is 0.230 e. The van der Waals surface area contributed by atoms with Crippen molar-refractivity contribution in [3.8, 4) is 0 Å². The molecule has 2 fully saturated rings. The highest BCUT2D eigenvalue weighted by molar-refractivity contribution is 6.30. The van der Waals surface area contributed by atoms with Crippen LogP contribution in [-0.4, -0.2) is 78.4 Å². The largest absolute Gasteiger partial charge is 0.343 e. The predicted octanol–water partition coefficient (Wildman–Crippen LogP) is 4.67. The Morgan fingerprint density at radius 2 is 1.78 bits per heavy atom. The molecule has 0 aromatic heterocycles. The van der Waals surface area contributed by atoms with Crippen molar-refractivity contribution in [1.29, 1.82) is 0 Å². The first-order valence-electron chi connectivity index (χ1n) is 13.3. The number of benzene rings is 2. The quantitative estimate of drug-likeness (QED) is 0.500. The number of hydrogen-bond acceptors (Lipinski definition) is 4. The van der Waals surface area contributed by atoms with Crippen LogP contribution in [-0.2, 0) is 16.1 Å². The van der Waals surface area contributed by atoms with E-state index in [0.717, 1.165) is 50.4 Å². The molecule has 0 bridgehead atoms. The summed E-state index contributed by atoms with van der Waals surface area (Å²) in [5.74, 6) is -0.0793. The number of carbonyl (C=O) groups is 2. The van der Waals surface area contributed by atoms with Gasteiger partial charge in [-0.3, -0.25) is 19.4 Å². The molecule has 2 amide bonds. The fraction of sp³-hybridized carbons (Fsp3) is 0.517. The standard InChI is InChI=1S/C29H38ClFN4O2/c1-22-20-32(21-24-7-9-27(31)10-8-24)17-18-33(22)13-4-14-35(28-6-3-5-26(30)19-28)29(37)25-11-15-34(16-12-25)23(2)36/h3,5-10,19,22,25H,4,11-18,20-21H2,1-2H3. The molecule has 1 unspecified atom stereocenters. The van der Waals surface area contributed by atoms with Crippen LogP contribution in [0, 0.1) is 11.7 Å². The monoisotopic (exact) mass is 528 g/mol. The van der Waals surface area contributed by atoms with Crippen molar-refractivity contribution < 1.29 is 14.0 Å². The van der Waals surface area contributed by atoms with E-state index in [1.807, 2.05) is 46.2 Å². The van der Waals surface area contributed by atoms with Crippen molar-refractivity contribution in [3.05, 3.63) is 64.9 Å². The second-order valence-corrected chi connectivity index (χ2v) is 10.8. The van der Waals surface area contributed by atoms with E-state index in [4.69, 9.17) is 11.6 Å². The number of anilines is 1. The van der Waals surface area contributed by atoms with Gasteiger partial charge in [-0.15, -0.1) is 0 Å². The van der Waals surface area contributed by atoms with Gasteiger partial charge in [0, 0.05) is 82.0 Å². The van der Waals surface area contributed by atoms with E-state index >= 15 is 0 Å². The molecule has 1 atom stereocenters. The summed E-state index contributed by atoms with van der Waals surface area (Å²) >= 11 is 6.27. The van der Waals surface area contributed by atoms with E-state index in [-0.39, 0.29) is 23.5 Å². The molecule has 0 spiro atoms. The normalized spacial score (nSPS) is 19.7. The van der Waals surface area contributed by atoms with Crippen LogP contribution in [0.25, 0.3) is 0 Å². The van der Waals surface area contributed by atoms with Crippen LogP contribution in [0.3, 0.4) is 0 Å². The molecule has 2 aliphatic rings. The number of amides is 2. The molecule has 0 saturated carbocycles. The highest BCUT2D eigenvalue weighted by Crippen LogP contribution is 2.26. The summed E-state index contributed by atoms with van der Waals surface area (Å²) in [5, 5.41) is 0.618. The summed E-state index contributed by atoms with van der Waals surface area (Å²) in [6, 6.07) is 14.7. The number of likely N-dealkylation sites (tertiary alicyclic amines) is 1. The highest BCUT2D eigenvalue weighted by atomic mass is 35.5. The van der Waals surface area contributed by atoms with Crippen molar-refractivity contribution in [2.24, 2.45) is 5.92 Å². The van der Waals surface area contributed by atoms with Gasteiger partial charge in [0.25, 0.3) is 0 Å². The summed E-state index contributed by atoms with van der Waals surface area (Å²) < 4.78 is 13.2. The van der Waals surface area contributed by atoms with Gasteiger partial charge >= 0.3 is 0 Å². The van der Waals surface area contributed by atoms with Crippen molar-refractivity contribution in [3.63, 3.8) is 0 Å². The van der Waals surface area contributed by atoms with Gasteiger partial charge in [-0.25, -0.2) is 4.39 Å². The van der Waals surface area contributed by atoms with Gasteiger partial charge in [-0.2, -0.15) is 0 Å². The van der Waals surface area contributed by atoms with E-state index in [9.17, 15) is 14.0 Å². The molecule has 2 aromatic rings. The molecule has 0 aliphatic carbocycles. The maximum absolute atomic E-state index is 13.6. The number of rotatable bonds is 8. The van der Waals surface area contributed by atoms with Gasteiger partial charge in [0.05, 0.1) is 0 Å². The Balaban J connectivity index is 1.32. The Morgan fingerprint density at radius 1 is 1.05 bits per heavy atom. The van der Waals surface area contributed by atoms with Gasteiger partial charge in [0.1, 0.15) is 5.82 Å². The fourth-order valence-corrected chi connectivity index (χ4v) is 5.68. The molecular weight excluding hydrogens is 491 g/mol. The van der Waals surface area contributed by atoms with Crippen LogP contribution in [0.2, 0.25) is 5.02 Å². The minimum Gasteiger partial charge on any atom is -0.343 e. The molecule has 6 nitrogen and oxygen atoms in total. The zero-order valence-electron chi connectivity index (χ0n) is 21.9. The zero-order chi connectivity index (χ0) is 26.4. The van der Waals surface area contributed by atoms with Crippen LogP contribution >= 0.6 is 11.6 Å². The van der Waals surface area contributed by atoms with E-state index < -0.39 is 0 Å². The molecule has 0 radical (unpaired) electrons. The Bertz CT molecular complexity index is 1060. The average molecular weight is 529 g/mol. The first-order chi connectivity index (χ1) is 17.8. The molecule has 2 aromatic carbocycles. The van der Waals surface area contributed by atoms with E-state index in [1.54, 1.807) is 6.92 Å². The molecule has 4 rings (SSSR count). The molecule has 200 valence electrons. The average Bonchev–Trinajstić information content (AvgIpc) is 2.89. The second kappa shape index (κ2) is 12.9. The first kappa shape index (κ1) is 27.6. The SMILES string of the molecule is CC(=O)N1CCC(C(=O)N(CCCN2CCN(Cc3ccc(F)cc3)CC2C)c2cccc(Cl)c2)CC1. The first-order valence-corrected chi connectivity index (χ1v) is 13.7. The van der Waals surface area contributed by atoms with Gasteiger partial charge in [0.15, 0.2) is 0 Å². The lowest BCUT2D eigenvalue weighted by Gasteiger charge is -2.40. The van der Waals surface area contributed by atoms with E-state index in [0.29, 0.717) is 43.5 Å². The number of nitrogens with zero attached hydrogens (tertiary/aromatic N) is 4. The van der Waals surface area contributed by atoms with Crippen LogP contribution in [0.4, 0.5) is 10.1 Å². The number of piperidine rings is 1. The van der Waals surface area contributed by atoms with Gasteiger partial charge < -0.3 is 9.80 Å². The number of piperazine rings is 1. The van der Waals surface area contributed by atoms with Crippen LogP contribution in [0.15, 0.2) is 48.5 Å². The molecule has 37 heavy (non-hydrogen) atoms. The third kappa shape index (κ3) is 7.53. The molecule has 2 aliphatic heterocycles. The highest BCUT2D eigenvalue weighted by Gasteiger charge is 2.30. The van der Waals surface area contributed by atoms with Crippen LogP contribution < -0.4 is 4.90 Å². The van der Waals surface area contributed by atoms with Gasteiger partial charge in [-0.05, 0) is 62.1 Å². The number of carbonyl (C=O) groups excluding carboxylic acids is 2. The van der Waals surface area contributed by atoms with Crippen LogP contribution in [0.1, 0.15) is 38.7 Å². The third-order valence-electron chi connectivity index (χ3n) is 7.67. The van der Waals surface area contributed by atoms with Crippen LogP contribution in [0.5, 0.6) is 0 Å². The maximum atomic E-state index is 13.6. The van der Waals surface area contributed by atoms with Gasteiger partial charge in [-0.1, -0.05) is 29.8 Å². The Morgan fingerprint density at radius 3 is 2.43 bits per heavy atom. The van der Waals surface area contributed by atoms with Crippen molar-refractivity contribution >= 4 is 29.1 Å². The summed E-state index contributed by atoms with van der Waals surface area (Å²) in [7, 11) is 0. The minimum atomic E-state index is -0.200. The van der Waals surface area contributed by atoms with Gasteiger partial charge in [0.2, 0.25) is 11.8 Å². The summed E-state index contributed by atoms with van der Waals surface area (Å²) in [6.07, 6.45) is 2.26. The molecule has 0 N–H and O–H groups in total. The minimum absolute atomic E-state index is 0.0736. The summed E-state index contributed by atoms with van der Waals surface area (Å²) in [6.45, 7) is 10.4. The number of hydrogen-bond donors (Lipinski definition) is 0. The summed E-state index contributed by atoms with van der Waals surface area (Å²) in [4.78, 5) is 33.9. The Kier molecular flexibility index (Phi) is 9.57. The second-order valence-electron chi connectivity index (χ2n) is 10.4. The number of halogens is 2. The predicted molar refractivity (Wildman–Crippen MR) is 146 cm³/mol. The summed E-state index contributed by atoms with van der Waals surface area (Å²) in [5.41, 5.74) is 1.97. The molecular formula is C29H38ClFN4O2. The van der Waals surface area contributed by atoms with Crippen molar-refractivity contribution in [2.75, 3.05) is 50.7 Å². The van der Waals surface area contributed by atoms with E-state index in [2.05, 4.69) is 16.7 Å². The molecule has 2 heterocycles. The zero-order valence-corrected chi connectivity index (χ0v) is 22.7. The van der Waals surface area contributed by atoms with Crippen molar-refractivity contribution in [2.45, 2.75) is 45.7 Å². The van der Waals surface area contributed by atoms with Crippen molar-refractivity contribution in [1.82, 2.24) is 14.7 Å². The smallest absolute Gasteiger partial charge is 0.230 e. The Hall–Kier alpha value is -2.48. The lowest BCUT2D eigenvalue weighted by atomic mass is 9.94. The topological polar surface area (TPSA) is 47.1 Å². The third-order valence-corrected chi connectivity index (χ3v) is 7.91. The fourth-order valence-electron chi connectivity index (χ4n) is 5.50. The molecule has 2 saturated heterocycles. The Labute approximate surface area is 225 Å².